The van der Waals surface area contributed by atoms with Crippen molar-refractivity contribution in [2.24, 2.45) is 0 Å². The molecule has 1 fully saturated rings. The van der Waals surface area contributed by atoms with E-state index >= 15 is 19.2 Å². The van der Waals surface area contributed by atoms with Crippen LogP contribution in [0.2, 0.25) is 54.4 Å². The zero-order chi connectivity index (χ0) is 54.7. The average Bonchev–Trinajstić information content (AvgIpc) is 3.65. The van der Waals surface area contributed by atoms with E-state index in [1.54, 1.807) is 0 Å². The third-order valence-electron chi connectivity index (χ3n) is 15.6. The predicted molar refractivity (Wildman–Crippen MR) is 300 cm³/mol. The van der Waals surface area contributed by atoms with Gasteiger partial charge in [0.25, 0.3) is 11.5 Å². The van der Waals surface area contributed by atoms with Crippen molar-refractivity contribution in [2.45, 2.75) is 185 Å². The Morgan fingerprint density at radius 1 is 0.685 bits per heavy atom. The van der Waals surface area contributed by atoms with E-state index in [4.69, 9.17) is 18.0 Å². The van der Waals surface area contributed by atoms with Gasteiger partial charge in [0.15, 0.2) is 42.1 Å². The fraction of sp³-hybridized carbons (Fsp3) is 0.518. The summed E-state index contributed by atoms with van der Waals surface area (Å²) >= 11 is 3.25. The molecule has 4 aromatic rings. The normalized spacial score (nSPS) is 19.9. The van der Waals surface area contributed by atoms with Gasteiger partial charge in [-0.05, 0) is 82.1 Å². The molecule has 7 atom stereocenters. The summed E-state index contributed by atoms with van der Waals surface area (Å²) in [5, 5.41) is 24.8. The van der Waals surface area contributed by atoms with Crippen LogP contribution in [0.3, 0.4) is 0 Å². The number of nitrogens with zero attached hydrogens (tertiary/aromatic N) is 2. The fourth-order valence-electron chi connectivity index (χ4n) is 8.04. The third kappa shape index (κ3) is 13.9. The summed E-state index contributed by atoms with van der Waals surface area (Å²) in [5.74, 6) is -2.62. The van der Waals surface area contributed by atoms with Gasteiger partial charge in [-0.15, -0.1) is 0 Å². The Labute approximate surface area is 443 Å². The third-order valence-corrected chi connectivity index (χ3v) is 29.3. The highest BCUT2D eigenvalue weighted by Gasteiger charge is 2.60. The van der Waals surface area contributed by atoms with Crippen LogP contribution in [-0.2, 0) is 46.9 Å². The van der Waals surface area contributed by atoms with Gasteiger partial charge in [0.05, 0.1) is 5.56 Å². The van der Waals surface area contributed by atoms with Crippen LogP contribution in [0.25, 0.3) is 6.08 Å². The summed E-state index contributed by atoms with van der Waals surface area (Å²) in [5.41, 5.74) is -2.68. The maximum atomic E-state index is 15.7. The Bertz CT molecular complexity index is 2710. The lowest BCUT2D eigenvalue weighted by Crippen LogP contribution is -2.60. The number of ketones is 2. The standard InChI is InChI=1S/C56H79BrN2O11Si3/c1-53(2,3)71(10,11)68-42(33-38-25-19-16-20-26-38)46(60)47(61)49-56(66,48(62)43(34-39-27-21-17-22-28-39)69-72(12,13)54(4,5)6)36-45(67-49)58-37-41(31-32-57)50(63)59(52(58)65)51(64)44(35-40-29-23-18-24-30-40)70-73(14,15)55(7,8)9/h16-32,37,42-45,47,49,61,66H,33-36H2,1-15H3/b32-31+/t42?,43?,44?,45-,47?,49-,56-/m1/s1. The molecule has 0 saturated carbocycles. The molecule has 398 valence electrons. The van der Waals surface area contributed by atoms with Crippen molar-refractivity contribution in [2.75, 3.05) is 0 Å². The Kier molecular flexibility index (Phi) is 18.9. The highest BCUT2D eigenvalue weighted by molar-refractivity contribution is 9.11. The number of ether oxygens (including phenoxy) is 1. The topological polar surface area (TPSA) is 173 Å². The SMILES string of the molecule is CC(C)(C)[Si](C)(C)OC(Cc1ccccc1)C(=O)C(O)[C@H]1O[C@@H](n2cc(/C=C/Br)c(=O)n(C(=O)C(Cc3ccccc3)O[Si](C)(C)C(C)(C)C)c2=O)C[C@@]1(O)C(=O)C(Cc1ccccc1)O[Si](C)(C)C(C)(C)C. The molecule has 0 radical (unpaired) electrons. The smallest absolute Gasteiger partial charge is 0.340 e. The molecule has 0 bridgehead atoms. The monoisotopic (exact) mass is 1120 g/mol. The number of hydrogen-bond acceptors (Lipinski definition) is 11. The second-order valence-corrected chi connectivity index (χ2v) is 38.9. The van der Waals surface area contributed by atoms with Crippen molar-refractivity contribution < 1.29 is 42.6 Å². The minimum Gasteiger partial charge on any atom is -0.406 e. The van der Waals surface area contributed by atoms with E-state index in [1.807, 2.05) is 193 Å². The summed E-state index contributed by atoms with van der Waals surface area (Å²) in [7, 11) is -8.32. The number of carbonyl (C=O) groups is 3. The molecule has 0 spiro atoms. The second kappa shape index (κ2) is 23.1. The van der Waals surface area contributed by atoms with Crippen LogP contribution in [0.5, 0.6) is 0 Å². The summed E-state index contributed by atoms with van der Waals surface area (Å²) in [6.07, 6.45) is -7.66. The van der Waals surface area contributed by atoms with E-state index in [0.717, 1.165) is 21.3 Å². The summed E-state index contributed by atoms with van der Waals surface area (Å²) in [6.45, 7) is 30.1. The van der Waals surface area contributed by atoms with Gasteiger partial charge in [-0.3, -0.25) is 23.7 Å². The number of halogens is 1. The maximum Gasteiger partial charge on any atom is 0.340 e. The van der Waals surface area contributed by atoms with Crippen LogP contribution in [0, 0.1) is 0 Å². The molecule has 13 nitrogen and oxygen atoms in total. The van der Waals surface area contributed by atoms with Crippen molar-refractivity contribution in [1.29, 1.82) is 0 Å². The lowest BCUT2D eigenvalue weighted by atomic mass is 9.81. The van der Waals surface area contributed by atoms with Gasteiger partial charge < -0.3 is 28.2 Å². The van der Waals surface area contributed by atoms with Crippen molar-refractivity contribution in [3.8, 4) is 0 Å². The zero-order valence-electron chi connectivity index (χ0n) is 45.5. The number of carbonyl (C=O) groups excluding carboxylic acids is 3. The average molecular weight is 1120 g/mol. The van der Waals surface area contributed by atoms with E-state index < -0.39 is 102 Å². The highest BCUT2D eigenvalue weighted by Crippen LogP contribution is 2.44. The first-order valence-electron chi connectivity index (χ1n) is 25.1. The van der Waals surface area contributed by atoms with Crippen molar-refractivity contribution in [3.05, 3.63) is 145 Å². The van der Waals surface area contributed by atoms with Crippen LogP contribution in [0.15, 0.2) is 112 Å². The first-order valence-corrected chi connectivity index (χ1v) is 34.8. The van der Waals surface area contributed by atoms with Gasteiger partial charge in [-0.1, -0.05) is 169 Å². The van der Waals surface area contributed by atoms with Crippen LogP contribution in [0.4, 0.5) is 0 Å². The molecule has 5 rings (SSSR count). The van der Waals surface area contributed by atoms with Gasteiger partial charge in [0.2, 0.25) is 0 Å². The number of aromatic nitrogens is 2. The molecule has 2 N–H and O–H groups in total. The van der Waals surface area contributed by atoms with Crippen LogP contribution in [-0.4, -0.2) is 97.9 Å². The first-order chi connectivity index (χ1) is 33.7. The van der Waals surface area contributed by atoms with Gasteiger partial charge >= 0.3 is 5.69 Å². The van der Waals surface area contributed by atoms with E-state index in [-0.39, 0.29) is 39.9 Å². The minimum atomic E-state index is -2.82. The molecule has 3 aromatic carbocycles. The Hall–Kier alpha value is -4.02. The van der Waals surface area contributed by atoms with Gasteiger partial charge in [0, 0.05) is 31.9 Å². The molecule has 1 saturated heterocycles. The lowest BCUT2D eigenvalue weighted by molar-refractivity contribution is -0.168. The summed E-state index contributed by atoms with van der Waals surface area (Å²) in [6, 6.07) is 27.6. The fourth-order valence-corrected chi connectivity index (χ4v) is 12.1. The van der Waals surface area contributed by atoms with E-state index in [9.17, 15) is 15.0 Å². The van der Waals surface area contributed by atoms with Crippen molar-refractivity contribution >= 4 is 64.4 Å². The molecular formula is C56H79BrN2O11Si3. The minimum absolute atomic E-state index is 0.0254. The molecule has 0 aliphatic carbocycles. The van der Waals surface area contributed by atoms with E-state index in [1.165, 1.54) is 17.3 Å². The summed E-state index contributed by atoms with van der Waals surface area (Å²) in [4.78, 5) is 76.9. The largest absolute Gasteiger partial charge is 0.406 e. The second-order valence-electron chi connectivity index (χ2n) is 24.1. The van der Waals surface area contributed by atoms with Crippen molar-refractivity contribution in [1.82, 2.24) is 9.13 Å². The molecule has 0 amide bonds. The molecule has 2 heterocycles. The molecule has 1 aromatic heterocycles. The molecule has 73 heavy (non-hydrogen) atoms. The predicted octanol–water partition coefficient (Wildman–Crippen LogP) is 10.4. The van der Waals surface area contributed by atoms with Gasteiger partial charge in [0.1, 0.15) is 36.7 Å². The van der Waals surface area contributed by atoms with Crippen LogP contribution in [0.1, 0.15) is 102 Å². The number of benzene rings is 3. The molecule has 4 unspecified atom stereocenters. The zero-order valence-corrected chi connectivity index (χ0v) is 50.1. The van der Waals surface area contributed by atoms with Crippen LogP contribution >= 0.6 is 15.9 Å². The Balaban J connectivity index is 1.73. The molecule has 1 aliphatic heterocycles. The first kappa shape index (κ1) is 59.9. The molecule has 17 heteroatoms. The Morgan fingerprint density at radius 2 is 1.07 bits per heavy atom. The number of Topliss-reactive ketones (excluding diaryl/α,β-unsaturated/α-hetero) is 2. The number of aliphatic hydroxyl groups excluding tert-OH is 1. The molecule has 1 aliphatic rings. The number of hydrogen-bond donors (Lipinski definition) is 2. The Morgan fingerprint density at radius 3 is 1.48 bits per heavy atom. The maximum absolute atomic E-state index is 15.7. The highest BCUT2D eigenvalue weighted by atomic mass is 79.9. The van der Waals surface area contributed by atoms with Gasteiger partial charge in [-0.25, -0.2) is 4.79 Å². The number of aliphatic hydroxyl groups is 2. The van der Waals surface area contributed by atoms with E-state index in [2.05, 4.69) is 15.9 Å². The lowest BCUT2D eigenvalue weighted by Gasteiger charge is -2.41. The van der Waals surface area contributed by atoms with Gasteiger partial charge in [-0.2, -0.15) is 4.57 Å². The van der Waals surface area contributed by atoms with Crippen molar-refractivity contribution in [3.63, 3.8) is 0 Å². The molecular weight excluding hydrogens is 1040 g/mol. The van der Waals surface area contributed by atoms with Crippen LogP contribution < -0.4 is 11.2 Å². The van der Waals surface area contributed by atoms with E-state index in [0.29, 0.717) is 4.57 Å². The summed E-state index contributed by atoms with van der Waals surface area (Å²) < 4.78 is 28.5. The quantitative estimate of drug-likeness (QED) is 0.0807. The number of rotatable bonds is 20.